The number of fused-ring (bicyclic) bond motifs is 1. The molecule has 0 spiro atoms. The SMILES string of the molecule is CC(C)(C)OC(=O)N1CCN(c2ncnc3cccc(F)c23)[C@@H](c2cccnc2)C1. The van der Waals surface area contributed by atoms with Gasteiger partial charge in [0, 0.05) is 32.0 Å². The van der Waals surface area contributed by atoms with E-state index in [2.05, 4.69) is 15.0 Å². The minimum Gasteiger partial charge on any atom is -0.444 e. The predicted octanol–water partition coefficient (Wildman–Crippen LogP) is 3.96. The van der Waals surface area contributed by atoms with Crippen molar-refractivity contribution in [2.75, 3.05) is 24.5 Å². The first-order valence-corrected chi connectivity index (χ1v) is 9.87. The van der Waals surface area contributed by atoms with Gasteiger partial charge in [-0.25, -0.2) is 19.2 Å². The number of benzene rings is 1. The van der Waals surface area contributed by atoms with Crippen molar-refractivity contribution in [1.29, 1.82) is 0 Å². The Hall–Kier alpha value is -3.29. The summed E-state index contributed by atoms with van der Waals surface area (Å²) in [5.41, 5.74) is 0.873. The van der Waals surface area contributed by atoms with Gasteiger partial charge in [0.05, 0.1) is 16.9 Å². The van der Waals surface area contributed by atoms with Crippen LogP contribution in [-0.4, -0.2) is 51.2 Å². The molecule has 0 saturated carbocycles. The fraction of sp³-hybridized carbons (Fsp3) is 0.364. The molecular formula is C22H24FN5O2. The number of ether oxygens (including phenoxy) is 1. The van der Waals surface area contributed by atoms with Crippen LogP contribution >= 0.6 is 0 Å². The summed E-state index contributed by atoms with van der Waals surface area (Å²) in [6, 6.07) is 8.34. The quantitative estimate of drug-likeness (QED) is 0.638. The lowest BCUT2D eigenvalue weighted by Gasteiger charge is -2.42. The zero-order chi connectivity index (χ0) is 21.3. The number of hydrogen-bond acceptors (Lipinski definition) is 6. The number of anilines is 1. The number of nitrogens with zero attached hydrogens (tertiary/aromatic N) is 5. The number of piperazine rings is 1. The Morgan fingerprint density at radius 2 is 2.00 bits per heavy atom. The number of aromatic nitrogens is 3. The van der Waals surface area contributed by atoms with Crippen LogP contribution in [0.5, 0.6) is 0 Å². The lowest BCUT2D eigenvalue weighted by Crippen LogP contribution is -2.52. The van der Waals surface area contributed by atoms with E-state index < -0.39 is 5.60 Å². The Labute approximate surface area is 174 Å². The molecule has 0 unspecified atom stereocenters. The van der Waals surface area contributed by atoms with E-state index >= 15 is 0 Å². The van der Waals surface area contributed by atoms with Crippen LogP contribution in [0.1, 0.15) is 32.4 Å². The van der Waals surface area contributed by atoms with Crippen molar-refractivity contribution in [3.8, 4) is 0 Å². The highest BCUT2D eigenvalue weighted by molar-refractivity contribution is 5.90. The molecular weight excluding hydrogens is 385 g/mol. The van der Waals surface area contributed by atoms with Gasteiger partial charge in [-0.3, -0.25) is 4.98 Å². The fourth-order valence-electron chi connectivity index (χ4n) is 3.66. The van der Waals surface area contributed by atoms with Crippen molar-refractivity contribution >= 4 is 22.8 Å². The summed E-state index contributed by atoms with van der Waals surface area (Å²) in [6.07, 6.45) is 4.53. The van der Waals surface area contributed by atoms with Crippen LogP contribution in [0.2, 0.25) is 0 Å². The van der Waals surface area contributed by atoms with Crippen molar-refractivity contribution in [2.45, 2.75) is 32.4 Å². The predicted molar refractivity (Wildman–Crippen MR) is 112 cm³/mol. The molecule has 0 N–H and O–H groups in total. The summed E-state index contributed by atoms with van der Waals surface area (Å²) in [7, 11) is 0. The molecule has 1 amide bonds. The number of pyridine rings is 1. The first-order valence-electron chi connectivity index (χ1n) is 9.87. The number of carbonyl (C=O) groups is 1. The third-order valence-corrected chi connectivity index (χ3v) is 4.97. The average Bonchev–Trinajstić information content (AvgIpc) is 2.72. The van der Waals surface area contributed by atoms with Crippen LogP contribution in [0.3, 0.4) is 0 Å². The van der Waals surface area contributed by atoms with E-state index in [1.165, 1.54) is 12.4 Å². The minimum absolute atomic E-state index is 0.252. The van der Waals surface area contributed by atoms with E-state index in [1.54, 1.807) is 29.4 Å². The van der Waals surface area contributed by atoms with Gasteiger partial charge in [-0.2, -0.15) is 0 Å². The molecule has 7 nitrogen and oxygen atoms in total. The second kappa shape index (κ2) is 7.85. The molecule has 0 radical (unpaired) electrons. The summed E-state index contributed by atoms with van der Waals surface area (Å²) in [5.74, 6) is 0.137. The molecule has 1 aromatic carbocycles. The molecule has 1 atom stereocenters. The van der Waals surface area contributed by atoms with E-state index in [-0.39, 0.29) is 18.0 Å². The van der Waals surface area contributed by atoms with Gasteiger partial charge in [-0.15, -0.1) is 0 Å². The standard InChI is InChI=1S/C22H24FN5O2/c1-22(2,3)30-21(29)27-10-11-28(18(13-27)15-6-5-9-24-12-15)20-19-16(23)7-4-8-17(19)25-14-26-20/h4-9,12,14,18H,10-11,13H2,1-3H3/t18-/m1/s1. The van der Waals surface area contributed by atoms with Gasteiger partial charge in [0.1, 0.15) is 23.6 Å². The van der Waals surface area contributed by atoms with E-state index in [0.29, 0.717) is 36.4 Å². The zero-order valence-electron chi connectivity index (χ0n) is 17.2. The van der Waals surface area contributed by atoms with Crippen LogP contribution in [-0.2, 0) is 4.74 Å². The van der Waals surface area contributed by atoms with Gasteiger partial charge in [-0.1, -0.05) is 12.1 Å². The van der Waals surface area contributed by atoms with E-state index in [4.69, 9.17) is 4.74 Å². The summed E-state index contributed by atoms with van der Waals surface area (Å²) in [6.45, 7) is 6.81. The minimum atomic E-state index is -0.579. The Morgan fingerprint density at radius 1 is 1.17 bits per heavy atom. The van der Waals surface area contributed by atoms with Gasteiger partial charge in [0.25, 0.3) is 0 Å². The number of hydrogen-bond donors (Lipinski definition) is 0. The highest BCUT2D eigenvalue weighted by atomic mass is 19.1. The molecule has 156 valence electrons. The van der Waals surface area contributed by atoms with E-state index in [1.807, 2.05) is 37.8 Å². The van der Waals surface area contributed by atoms with Gasteiger partial charge in [-0.05, 0) is 44.5 Å². The van der Waals surface area contributed by atoms with Crippen LogP contribution in [0.4, 0.5) is 15.0 Å². The number of amides is 1. The van der Waals surface area contributed by atoms with Gasteiger partial charge in [0.15, 0.2) is 0 Å². The van der Waals surface area contributed by atoms with Crippen LogP contribution in [0.25, 0.3) is 10.9 Å². The fourth-order valence-corrected chi connectivity index (χ4v) is 3.66. The topological polar surface area (TPSA) is 71.5 Å². The van der Waals surface area contributed by atoms with E-state index in [9.17, 15) is 9.18 Å². The first kappa shape index (κ1) is 20.0. The molecule has 1 saturated heterocycles. The Morgan fingerprint density at radius 3 is 2.73 bits per heavy atom. The Balaban J connectivity index is 1.73. The lowest BCUT2D eigenvalue weighted by molar-refractivity contribution is 0.0213. The molecule has 3 aromatic rings. The molecule has 4 rings (SSSR count). The van der Waals surface area contributed by atoms with Crippen molar-refractivity contribution in [3.05, 3.63) is 60.4 Å². The highest BCUT2D eigenvalue weighted by Crippen LogP contribution is 2.34. The third-order valence-electron chi connectivity index (χ3n) is 4.97. The molecule has 8 heteroatoms. The number of carbonyl (C=O) groups excluding carboxylic acids is 1. The molecule has 30 heavy (non-hydrogen) atoms. The van der Waals surface area contributed by atoms with Crippen molar-refractivity contribution < 1.29 is 13.9 Å². The van der Waals surface area contributed by atoms with Gasteiger partial charge < -0.3 is 14.5 Å². The maximum absolute atomic E-state index is 14.7. The van der Waals surface area contributed by atoms with Crippen LogP contribution < -0.4 is 4.90 Å². The lowest BCUT2D eigenvalue weighted by atomic mass is 10.0. The monoisotopic (exact) mass is 409 g/mol. The molecule has 2 aromatic heterocycles. The first-order chi connectivity index (χ1) is 14.3. The van der Waals surface area contributed by atoms with Crippen molar-refractivity contribution in [1.82, 2.24) is 19.9 Å². The van der Waals surface area contributed by atoms with E-state index in [0.717, 1.165) is 5.56 Å². The number of rotatable bonds is 2. The molecule has 0 bridgehead atoms. The van der Waals surface area contributed by atoms with Crippen molar-refractivity contribution in [3.63, 3.8) is 0 Å². The number of halogens is 1. The normalized spacial score (nSPS) is 17.3. The largest absolute Gasteiger partial charge is 0.444 e. The average molecular weight is 409 g/mol. The smallest absolute Gasteiger partial charge is 0.410 e. The second-order valence-corrected chi connectivity index (χ2v) is 8.25. The molecule has 1 fully saturated rings. The molecule has 1 aliphatic rings. The summed E-state index contributed by atoms with van der Waals surface area (Å²) in [4.78, 5) is 29.2. The summed E-state index contributed by atoms with van der Waals surface area (Å²) in [5, 5.41) is 0.375. The highest BCUT2D eigenvalue weighted by Gasteiger charge is 2.34. The Kier molecular flexibility index (Phi) is 5.24. The second-order valence-electron chi connectivity index (χ2n) is 8.25. The molecule has 3 heterocycles. The van der Waals surface area contributed by atoms with Crippen LogP contribution in [0.15, 0.2) is 49.1 Å². The molecule has 1 aliphatic heterocycles. The van der Waals surface area contributed by atoms with Crippen molar-refractivity contribution in [2.24, 2.45) is 0 Å². The Bertz CT molecular complexity index is 1050. The molecule has 0 aliphatic carbocycles. The summed E-state index contributed by atoms with van der Waals surface area (Å²) >= 11 is 0. The van der Waals surface area contributed by atoms with Gasteiger partial charge in [0.2, 0.25) is 0 Å². The van der Waals surface area contributed by atoms with Crippen LogP contribution in [0, 0.1) is 5.82 Å². The zero-order valence-corrected chi connectivity index (χ0v) is 17.2. The summed E-state index contributed by atoms with van der Waals surface area (Å²) < 4.78 is 20.3. The third kappa shape index (κ3) is 4.03. The maximum Gasteiger partial charge on any atom is 0.410 e. The maximum atomic E-state index is 14.7. The van der Waals surface area contributed by atoms with Gasteiger partial charge >= 0.3 is 6.09 Å².